The van der Waals surface area contributed by atoms with Gasteiger partial charge in [-0.1, -0.05) is 13.5 Å². The molecule has 0 amide bonds. The summed E-state index contributed by atoms with van der Waals surface area (Å²) in [7, 11) is 0. The van der Waals surface area contributed by atoms with Gasteiger partial charge in [-0.05, 0) is 13.3 Å². The number of hydrogen-bond donors (Lipinski definition) is 1. The first kappa shape index (κ1) is 23.5. The number of esters is 1. The monoisotopic (exact) mass is 422 g/mol. The van der Waals surface area contributed by atoms with E-state index in [0.717, 1.165) is 0 Å². The van der Waals surface area contributed by atoms with Crippen molar-refractivity contribution in [3.8, 4) is 0 Å². The van der Waals surface area contributed by atoms with Gasteiger partial charge in [0.15, 0.2) is 0 Å². The van der Waals surface area contributed by atoms with Gasteiger partial charge in [0.25, 0.3) is 0 Å². The van der Waals surface area contributed by atoms with Crippen LogP contribution < -0.4 is 0 Å². The van der Waals surface area contributed by atoms with E-state index >= 15 is 0 Å². The third kappa shape index (κ3) is 3.37. The predicted octanol–water partition coefficient (Wildman–Crippen LogP) is 3.74. The summed E-state index contributed by atoms with van der Waals surface area (Å²) in [5.41, 5.74) is -7.34. The summed E-state index contributed by atoms with van der Waals surface area (Å²) in [4.78, 5) is 11.5. The molecule has 27 heavy (non-hydrogen) atoms. The molecular weight excluding hydrogens is 410 g/mol. The van der Waals surface area contributed by atoms with Crippen LogP contribution in [0, 0.1) is 0 Å². The number of hydrogen-bond acceptors (Lipinski definition) is 4. The molecule has 0 aliphatic carbocycles. The van der Waals surface area contributed by atoms with Gasteiger partial charge in [0, 0.05) is 0 Å². The number of halogens is 10. The fourth-order valence-corrected chi connectivity index (χ4v) is 2.44. The highest BCUT2D eigenvalue weighted by atomic mass is 19.4. The van der Waals surface area contributed by atoms with Crippen molar-refractivity contribution in [2.24, 2.45) is 0 Å². The summed E-state index contributed by atoms with van der Waals surface area (Å²) >= 11 is 0. The zero-order valence-electron chi connectivity index (χ0n) is 13.4. The Hall–Kier alpha value is -1.57. The van der Waals surface area contributed by atoms with Gasteiger partial charge in [0.05, 0.1) is 0 Å². The lowest BCUT2D eigenvalue weighted by atomic mass is 9.76. The molecule has 0 aromatic carbocycles. The highest BCUT2D eigenvalue weighted by molar-refractivity contribution is 5.89. The first-order valence-electron chi connectivity index (χ1n) is 6.91. The summed E-state index contributed by atoms with van der Waals surface area (Å²) in [6.45, 7) is 2.43. The van der Waals surface area contributed by atoms with Crippen molar-refractivity contribution >= 4 is 5.97 Å². The average Bonchev–Trinajstić information content (AvgIpc) is 2.45. The maximum Gasteiger partial charge on any atom is 0.422 e. The van der Waals surface area contributed by atoms with Crippen LogP contribution in [-0.4, -0.2) is 52.8 Å². The Balaban J connectivity index is 3.66. The number of carbonyl (C=O) groups is 1. The summed E-state index contributed by atoms with van der Waals surface area (Å²) in [6, 6.07) is 0. The molecule has 0 bridgehead atoms. The fraction of sp³-hybridized carbons (Fsp3) is 0.769. The molecule has 1 aliphatic rings. The van der Waals surface area contributed by atoms with Gasteiger partial charge in [-0.2, -0.15) is 43.9 Å². The van der Waals surface area contributed by atoms with E-state index in [1.807, 2.05) is 0 Å². The standard InChI is InChI=1S/C13H12F10O4/c1-4-9(26-6(24)5(2)11(16,17)18)10(14,15)7(12(19,20)21)27-8(3,25)13(9,22)23/h7,25H,2,4H2,1,3H3. The summed E-state index contributed by atoms with van der Waals surface area (Å²) < 4.78 is 141. The Labute approximate surface area is 144 Å². The lowest BCUT2D eigenvalue weighted by molar-refractivity contribution is -0.483. The topological polar surface area (TPSA) is 55.8 Å². The van der Waals surface area contributed by atoms with E-state index in [1.54, 1.807) is 0 Å². The maximum absolute atomic E-state index is 14.5. The minimum atomic E-state index is -6.06. The molecule has 1 aliphatic heterocycles. The van der Waals surface area contributed by atoms with Gasteiger partial charge in [0.2, 0.25) is 17.5 Å². The molecule has 1 fully saturated rings. The van der Waals surface area contributed by atoms with Crippen molar-refractivity contribution in [1.29, 1.82) is 0 Å². The van der Waals surface area contributed by atoms with Crippen LogP contribution in [-0.2, 0) is 14.3 Å². The number of aliphatic hydroxyl groups is 1. The number of ether oxygens (including phenoxy) is 2. The molecule has 0 radical (unpaired) electrons. The van der Waals surface area contributed by atoms with Crippen LogP contribution in [0.1, 0.15) is 20.3 Å². The lowest BCUT2D eigenvalue weighted by Crippen LogP contribution is -2.80. The van der Waals surface area contributed by atoms with Gasteiger partial charge in [-0.25, -0.2) is 4.79 Å². The molecule has 4 nitrogen and oxygen atoms in total. The second kappa shape index (κ2) is 6.22. The van der Waals surface area contributed by atoms with Crippen LogP contribution in [0.5, 0.6) is 0 Å². The quantitative estimate of drug-likeness (QED) is 0.428. The van der Waals surface area contributed by atoms with E-state index < -0.39 is 59.7 Å². The Bertz CT molecular complexity index is 622. The zero-order valence-corrected chi connectivity index (χ0v) is 13.4. The van der Waals surface area contributed by atoms with Crippen LogP contribution in [0.3, 0.4) is 0 Å². The first-order chi connectivity index (χ1) is 11.7. The van der Waals surface area contributed by atoms with E-state index in [-0.39, 0.29) is 6.92 Å². The molecule has 0 saturated carbocycles. The number of alkyl halides is 10. The smallest absolute Gasteiger partial charge is 0.422 e. The van der Waals surface area contributed by atoms with E-state index in [9.17, 15) is 53.8 Å². The van der Waals surface area contributed by atoms with Crippen molar-refractivity contribution in [3.05, 3.63) is 12.2 Å². The molecular formula is C13H12F10O4. The third-order valence-corrected chi connectivity index (χ3v) is 3.96. The van der Waals surface area contributed by atoms with Crippen LogP contribution >= 0.6 is 0 Å². The number of rotatable bonds is 3. The van der Waals surface area contributed by atoms with Crippen molar-refractivity contribution in [1.82, 2.24) is 0 Å². The highest BCUT2D eigenvalue weighted by Crippen LogP contribution is 2.60. The van der Waals surface area contributed by atoms with Crippen molar-refractivity contribution in [2.75, 3.05) is 0 Å². The van der Waals surface area contributed by atoms with E-state index in [1.165, 1.54) is 0 Å². The van der Waals surface area contributed by atoms with Crippen molar-refractivity contribution in [2.45, 2.75) is 62.0 Å². The molecule has 3 unspecified atom stereocenters. The minimum Gasteiger partial charge on any atom is -0.442 e. The summed E-state index contributed by atoms with van der Waals surface area (Å²) in [6.07, 6.45) is -17.9. The van der Waals surface area contributed by atoms with Crippen LogP contribution in [0.25, 0.3) is 0 Å². The Morgan fingerprint density at radius 2 is 1.59 bits per heavy atom. The van der Waals surface area contributed by atoms with E-state index in [2.05, 4.69) is 16.1 Å². The Morgan fingerprint density at radius 3 is 1.93 bits per heavy atom. The van der Waals surface area contributed by atoms with Crippen LogP contribution in [0.4, 0.5) is 43.9 Å². The highest BCUT2D eigenvalue weighted by Gasteiger charge is 2.86. The van der Waals surface area contributed by atoms with Crippen LogP contribution in [0.15, 0.2) is 12.2 Å². The van der Waals surface area contributed by atoms with E-state index in [0.29, 0.717) is 6.92 Å². The molecule has 0 spiro atoms. The van der Waals surface area contributed by atoms with Gasteiger partial charge in [-0.15, -0.1) is 0 Å². The van der Waals surface area contributed by atoms with Crippen LogP contribution in [0.2, 0.25) is 0 Å². The summed E-state index contributed by atoms with van der Waals surface area (Å²) in [5, 5.41) is 9.50. The van der Waals surface area contributed by atoms with Gasteiger partial charge in [-0.3, -0.25) is 0 Å². The van der Waals surface area contributed by atoms with Gasteiger partial charge >= 0.3 is 30.2 Å². The third-order valence-electron chi connectivity index (χ3n) is 3.96. The zero-order chi connectivity index (χ0) is 21.9. The Kier molecular flexibility index (Phi) is 5.41. The molecule has 3 atom stereocenters. The molecule has 1 rings (SSSR count). The minimum absolute atomic E-state index is 0.127. The molecule has 1 heterocycles. The second-order valence-corrected chi connectivity index (χ2v) is 5.77. The number of carbonyl (C=O) groups excluding carboxylic acids is 1. The average molecular weight is 422 g/mol. The van der Waals surface area contributed by atoms with Gasteiger partial charge < -0.3 is 14.6 Å². The molecule has 0 aromatic rings. The summed E-state index contributed by atoms with van der Waals surface area (Å²) in [5.74, 6) is -18.4. The van der Waals surface area contributed by atoms with Crippen molar-refractivity contribution in [3.63, 3.8) is 0 Å². The Morgan fingerprint density at radius 1 is 1.15 bits per heavy atom. The lowest BCUT2D eigenvalue weighted by Gasteiger charge is -2.55. The maximum atomic E-state index is 14.5. The molecule has 1 N–H and O–H groups in total. The second-order valence-electron chi connectivity index (χ2n) is 5.77. The van der Waals surface area contributed by atoms with Crippen molar-refractivity contribution < 1.29 is 63.3 Å². The van der Waals surface area contributed by atoms with E-state index in [4.69, 9.17) is 0 Å². The fourth-order valence-electron chi connectivity index (χ4n) is 2.44. The SMILES string of the molecule is C=C(C(=O)OC1(CC)C(F)(F)C(C(F)(F)F)OC(C)(O)C1(F)F)C(F)(F)F. The first-order valence-corrected chi connectivity index (χ1v) is 6.91. The molecule has 158 valence electrons. The predicted molar refractivity (Wildman–Crippen MR) is 65.8 cm³/mol. The van der Waals surface area contributed by atoms with Gasteiger partial charge in [0.1, 0.15) is 5.57 Å². The normalized spacial score (nSPS) is 33.4. The molecule has 14 heteroatoms. The molecule has 1 saturated heterocycles. The molecule has 0 aromatic heterocycles. The largest absolute Gasteiger partial charge is 0.442 e.